The van der Waals surface area contributed by atoms with Gasteiger partial charge in [0.2, 0.25) is 0 Å². The van der Waals surface area contributed by atoms with Gasteiger partial charge in [0.25, 0.3) is 0 Å². The quantitative estimate of drug-likeness (QED) is 0.261. The zero-order valence-electron chi connectivity index (χ0n) is 12.0. The number of ether oxygens (including phenoxy) is 2. The summed E-state index contributed by atoms with van der Waals surface area (Å²) in [5.41, 5.74) is 1.74. The normalized spacial score (nSPS) is 11.2. The molecule has 0 saturated carbocycles. The first-order valence-corrected chi connectivity index (χ1v) is 6.61. The summed E-state index contributed by atoms with van der Waals surface area (Å²) in [4.78, 5) is 10.9. The van der Waals surface area contributed by atoms with Crippen molar-refractivity contribution in [3.05, 3.63) is 29.8 Å². The Labute approximate surface area is 119 Å². The lowest BCUT2D eigenvalue weighted by atomic mass is 10.1. The van der Waals surface area contributed by atoms with Crippen LogP contribution in [0.4, 0.5) is 0 Å². The number of esters is 1. The maximum absolute atomic E-state index is 10.9. The molecule has 0 radical (unpaired) electrons. The minimum atomic E-state index is -0.185. The number of methoxy groups -OCH3 is 1. The van der Waals surface area contributed by atoms with E-state index in [1.54, 1.807) is 6.92 Å². The summed E-state index contributed by atoms with van der Waals surface area (Å²) in [5.74, 6) is 0.612. The number of rotatable bonds is 8. The molecule has 5 nitrogen and oxygen atoms in total. The minimum absolute atomic E-state index is 0.185. The van der Waals surface area contributed by atoms with E-state index in [2.05, 4.69) is 9.89 Å². The van der Waals surface area contributed by atoms with Crippen molar-refractivity contribution in [2.75, 3.05) is 13.7 Å². The number of carbonyl (C=O) groups excluding carboxylic acids is 1. The molecule has 0 bridgehead atoms. The number of benzene rings is 1. The van der Waals surface area contributed by atoms with Gasteiger partial charge in [0, 0.05) is 12.8 Å². The molecule has 0 amide bonds. The van der Waals surface area contributed by atoms with Crippen LogP contribution in [0, 0.1) is 0 Å². The lowest BCUT2D eigenvalue weighted by Crippen LogP contribution is -2.03. The van der Waals surface area contributed by atoms with Crippen molar-refractivity contribution in [1.29, 1.82) is 0 Å². The number of carbonyl (C=O) groups is 1. The maximum Gasteiger partial charge on any atom is 0.305 e. The van der Waals surface area contributed by atoms with Gasteiger partial charge in [0.05, 0.1) is 19.4 Å². The smallest absolute Gasteiger partial charge is 0.305 e. The molecule has 1 rings (SSSR count). The van der Waals surface area contributed by atoms with Crippen LogP contribution in [0.25, 0.3) is 0 Å². The van der Waals surface area contributed by atoms with Crippen molar-refractivity contribution in [3.63, 3.8) is 0 Å². The zero-order valence-corrected chi connectivity index (χ0v) is 12.0. The zero-order chi connectivity index (χ0) is 14.8. The first kappa shape index (κ1) is 16.0. The Morgan fingerprint density at radius 2 is 1.95 bits per heavy atom. The molecule has 0 aliphatic heterocycles. The molecule has 5 heteroatoms. The van der Waals surface area contributed by atoms with Gasteiger partial charge in [-0.05, 0) is 37.5 Å². The summed E-state index contributed by atoms with van der Waals surface area (Å²) >= 11 is 0. The Kier molecular flexibility index (Phi) is 7.17. The van der Waals surface area contributed by atoms with E-state index in [9.17, 15) is 4.79 Å². The van der Waals surface area contributed by atoms with Crippen LogP contribution in [0.15, 0.2) is 29.4 Å². The third-order valence-corrected chi connectivity index (χ3v) is 2.83. The summed E-state index contributed by atoms with van der Waals surface area (Å²) in [6.07, 6.45) is 2.62. The SMILES string of the molecule is COC(=O)CCCCOc1ccc(C/C(C)=N\O)cc1. The summed E-state index contributed by atoms with van der Waals surface area (Å²) in [5, 5.41) is 11.7. The topological polar surface area (TPSA) is 68.1 Å². The van der Waals surface area contributed by atoms with E-state index < -0.39 is 0 Å². The Morgan fingerprint density at radius 3 is 2.55 bits per heavy atom. The average Bonchev–Trinajstić information content (AvgIpc) is 2.48. The number of oxime groups is 1. The van der Waals surface area contributed by atoms with E-state index in [0.29, 0.717) is 25.2 Å². The van der Waals surface area contributed by atoms with Crippen molar-refractivity contribution in [2.45, 2.75) is 32.6 Å². The Bertz CT molecular complexity index is 440. The molecular formula is C15H21NO4. The minimum Gasteiger partial charge on any atom is -0.494 e. The van der Waals surface area contributed by atoms with Crippen molar-refractivity contribution >= 4 is 11.7 Å². The third-order valence-electron chi connectivity index (χ3n) is 2.83. The molecule has 20 heavy (non-hydrogen) atoms. The molecule has 0 saturated heterocycles. The molecule has 1 N–H and O–H groups in total. The predicted molar refractivity (Wildman–Crippen MR) is 76.4 cm³/mol. The van der Waals surface area contributed by atoms with Gasteiger partial charge >= 0.3 is 5.97 Å². The molecule has 0 heterocycles. The second-order valence-corrected chi connectivity index (χ2v) is 4.54. The van der Waals surface area contributed by atoms with Crippen molar-refractivity contribution in [2.24, 2.45) is 5.16 Å². The van der Waals surface area contributed by atoms with Gasteiger partial charge < -0.3 is 14.7 Å². The van der Waals surface area contributed by atoms with Gasteiger partial charge in [0.15, 0.2) is 0 Å². The van der Waals surface area contributed by atoms with E-state index in [4.69, 9.17) is 9.94 Å². The molecule has 0 spiro atoms. The fourth-order valence-corrected chi connectivity index (χ4v) is 1.70. The molecule has 0 aromatic heterocycles. The monoisotopic (exact) mass is 279 g/mol. The van der Waals surface area contributed by atoms with Gasteiger partial charge in [-0.3, -0.25) is 4.79 Å². The van der Waals surface area contributed by atoms with E-state index >= 15 is 0 Å². The fraction of sp³-hybridized carbons (Fsp3) is 0.467. The highest BCUT2D eigenvalue weighted by Crippen LogP contribution is 2.13. The van der Waals surface area contributed by atoms with Gasteiger partial charge in [-0.2, -0.15) is 0 Å². The highest BCUT2D eigenvalue weighted by Gasteiger charge is 2.01. The van der Waals surface area contributed by atoms with Crippen LogP contribution in [0.3, 0.4) is 0 Å². The van der Waals surface area contributed by atoms with Gasteiger partial charge in [-0.1, -0.05) is 17.3 Å². The number of unbranched alkanes of at least 4 members (excludes halogenated alkanes) is 1. The second kappa shape index (κ2) is 8.96. The van der Waals surface area contributed by atoms with Crippen LogP contribution in [0.2, 0.25) is 0 Å². The number of nitrogens with zero attached hydrogens (tertiary/aromatic N) is 1. The van der Waals surface area contributed by atoms with Crippen LogP contribution < -0.4 is 4.74 Å². The largest absolute Gasteiger partial charge is 0.494 e. The molecular weight excluding hydrogens is 258 g/mol. The standard InChI is InChI=1S/C15H21NO4/c1-12(16-18)11-13-6-8-14(9-7-13)20-10-4-3-5-15(17)19-2/h6-9,18H,3-5,10-11H2,1-2H3/b16-12-. The summed E-state index contributed by atoms with van der Waals surface area (Å²) in [6, 6.07) is 7.66. The summed E-state index contributed by atoms with van der Waals surface area (Å²) < 4.78 is 10.1. The molecule has 0 aliphatic carbocycles. The van der Waals surface area contributed by atoms with Crippen molar-refractivity contribution in [1.82, 2.24) is 0 Å². The van der Waals surface area contributed by atoms with E-state index in [1.807, 2.05) is 24.3 Å². The Balaban J connectivity index is 2.26. The summed E-state index contributed by atoms with van der Waals surface area (Å²) in [6.45, 7) is 2.35. The van der Waals surface area contributed by atoms with E-state index in [1.165, 1.54) is 7.11 Å². The van der Waals surface area contributed by atoms with Gasteiger partial charge in [-0.25, -0.2) is 0 Å². The van der Waals surface area contributed by atoms with Crippen LogP contribution in [0.5, 0.6) is 5.75 Å². The molecule has 0 atom stereocenters. The fourth-order valence-electron chi connectivity index (χ4n) is 1.70. The predicted octanol–water partition coefficient (Wildman–Crippen LogP) is 2.80. The first-order chi connectivity index (χ1) is 9.65. The maximum atomic E-state index is 10.9. The molecule has 0 aliphatic rings. The summed E-state index contributed by atoms with van der Waals surface area (Å²) in [7, 11) is 1.39. The van der Waals surface area contributed by atoms with Gasteiger partial charge in [0.1, 0.15) is 5.75 Å². The molecule has 1 aromatic rings. The van der Waals surface area contributed by atoms with Crippen LogP contribution in [-0.2, 0) is 16.0 Å². The number of hydrogen-bond acceptors (Lipinski definition) is 5. The molecule has 110 valence electrons. The molecule has 0 fully saturated rings. The van der Waals surface area contributed by atoms with Crippen LogP contribution >= 0.6 is 0 Å². The Hall–Kier alpha value is -2.04. The van der Waals surface area contributed by atoms with Crippen LogP contribution in [0.1, 0.15) is 31.7 Å². The second-order valence-electron chi connectivity index (χ2n) is 4.54. The average molecular weight is 279 g/mol. The first-order valence-electron chi connectivity index (χ1n) is 6.61. The highest BCUT2D eigenvalue weighted by molar-refractivity contribution is 5.83. The van der Waals surface area contributed by atoms with E-state index in [-0.39, 0.29) is 5.97 Å². The lowest BCUT2D eigenvalue weighted by Gasteiger charge is -2.07. The van der Waals surface area contributed by atoms with Gasteiger partial charge in [-0.15, -0.1) is 0 Å². The molecule has 1 aromatic carbocycles. The van der Waals surface area contributed by atoms with Crippen LogP contribution in [-0.4, -0.2) is 30.6 Å². The molecule has 0 unspecified atom stereocenters. The Morgan fingerprint density at radius 1 is 1.25 bits per heavy atom. The lowest BCUT2D eigenvalue weighted by molar-refractivity contribution is -0.140. The van der Waals surface area contributed by atoms with Crippen molar-refractivity contribution < 1.29 is 19.5 Å². The highest BCUT2D eigenvalue weighted by atomic mass is 16.5. The van der Waals surface area contributed by atoms with E-state index in [0.717, 1.165) is 24.2 Å². The number of hydrogen-bond donors (Lipinski definition) is 1. The third kappa shape index (κ3) is 6.22. The van der Waals surface area contributed by atoms with Crippen molar-refractivity contribution in [3.8, 4) is 5.75 Å².